The Kier molecular flexibility index (Phi) is 7.76. The van der Waals surface area contributed by atoms with Crippen LogP contribution in [0.25, 0.3) is 0 Å². The third-order valence-corrected chi connectivity index (χ3v) is 5.63. The number of methoxy groups -OCH3 is 1. The normalized spacial score (nSPS) is 11.0. The molecule has 10 heteroatoms. The summed E-state index contributed by atoms with van der Waals surface area (Å²) >= 11 is 0. The van der Waals surface area contributed by atoms with E-state index in [0.29, 0.717) is 5.69 Å². The minimum atomic E-state index is -3.76. The molecule has 0 aliphatic rings. The molecule has 2 aromatic rings. The quantitative estimate of drug-likeness (QED) is 0.451. The number of rotatable bonds is 10. The van der Waals surface area contributed by atoms with Crippen LogP contribution in [0.3, 0.4) is 0 Å². The minimum absolute atomic E-state index is 0.0292. The molecule has 0 fully saturated rings. The van der Waals surface area contributed by atoms with Crippen molar-refractivity contribution in [3.63, 3.8) is 0 Å². The summed E-state index contributed by atoms with van der Waals surface area (Å²) in [6, 6.07) is 11.2. The smallest absolute Gasteiger partial charge is 0.271 e. The fourth-order valence-electron chi connectivity index (χ4n) is 2.88. The lowest BCUT2D eigenvalue weighted by Gasteiger charge is -2.24. The van der Waals surface area contributed by atoms with Crippen LogP contribution < -0.4 is 14.4 Å². The third-order valence-electron chi connectivity index (χ3n) is 4.45. The first-order chi connectivity index (χ1) is 14.2. The van der Waals surface area contributed by atoms with Crippen molar-refractivity contribution < 1.29 is 22.9 Å². The first kappa shape index (κ1) is 23.1. The van der Waals surface area contributed by atoms with Crippen molar-refractivity contribution in [2.24, 2.45) is 0 Å². The zero-order valence-corrected chi connectivity index (χ0v) is 17.9. The van der Waals surface area contributed by atoms with E-state index in [1.54, 1.807) is 0 Å². The number of nitro benzene ring substituents is 1. The van der Waals surface area contributed by atoms with Crippen molar-refractivity contribution in [3.05, 3.63) is 58.1 Å². The molecule has 2 aromatic carbocycles. The highest BCUT2D eigenvalue weighted by Crippen LogP contribution is 2.33. The number of aryl methyl sites for hydroxylation is 1. The number of ether oxygens (including phenoxy) is 1. The summed E-state index contributed by atoms with van der Waals surface area (Å²) in [5.74, 6) is -0.0646. The number of non-ortho nitro benzene ring substituents is 1. The van der Waals surface area contributed by atoms with E-state index < -0.39 is 14.9 Å². The van der Waals surface area contributed by atoms with Crippen LogP contribution in [-0.2, 0) is 21.2 Å². The van der Waals surface area contributed by atoms with Gasteiger partial charge in [0, 0.05) is 30.8 Å². The molecule has 162 valence electrons. The van der Waals surface area contributed by atoms with E-state index in [0.717, 1.165) is 28.6 Å². The van der Waals surface area contributed by atoms with E-state index in [1.165, 1.54) is 19.2 Å². The number of carbonyl (C=O) groups excluding carboxylic acids is 1. The predicted molar refractivity (Wildman–Crippen MR) is 116 cm³/mol. The number of carbonyl (C=O) groups is 1. The standard InChI is InChI=1S/C20H25N3O6S/c1-4-15-7-9-16(10-8-15)21-20(24)6-5-13-22(30(3,27)28)18-14-17(23(25)26)11-12-19(18)29-2/h7-12,14H,4-6,13H2,1-3H3,(H,21,24). The number of hydrogen-bond acceptors (Lipinski definition) is 6. The molecule has 9 nitrogen and oxygen atoms in total. The molecule has 0 aliphatic carbocycles. The predicted octanol–water partition coefficient (Wildman–Crippen LogP) is 3.35. The van der Waals surface area contributed by atoms with Gasteiger partial charge in [-0.2, -0.15) is 0 Å². The second-order valence-electron chi connectivity index (χ2n) is 6.65. The molecular formula is C20H25N3O6S. The largest absolute Gasteiger partial charge is 0.495 e. The fourth-order valence-corrected chi connectivity index (χ4v) is 3.84. The van der Waals surface area contributed by atoms with E-state index in [4.69, 9.17) is 4.74 Å². The van der Waals surface area contributed by atoms with Crippen LogP contribution in [0.2, 0.25) is 0 Å². The van der Waals surface area contributed by atoms with E-state index in [1.807, 2.05) is 31.2 Å². The van der Waals surface area contributed by atoms with Gasteiger partial charge >= 0.3 is 0 Å². The molecule has 0 radical (unpaired) electrons. The van der Waals surface area contributed by atoms with Gasteiger partial charge in [0.25, 0.3) is 5.69 Å². The lowest BCUT2D eigenvalue weighted by atomic mass is 10.1. The molecule has 0 aromatic heterocycles. The van der Waals surface area contributed by atoms with E-state index in [9.17, 15) is 23.3 Å². The molecule has 0 aliphatic heterocycles. The summed E-state index contributed by atoms with van der Waals surface area (Å²) < 4.78 is 30.8. The van der Waals surface area contributed by atoms with Gasteiger partial charge in [0.2, 0.25) is 15.9 Å². The Balaban J connectivity index is 2.10. The van der Waals surface area contributed by atoms with E-state index in [-0.39, 0.29) is 42.4 Å². The van der Waals surface area contributed by atoms with Gasteiger partial charge < -0.3 is 10.1 Å². The number of nitrogens with zero attached hydrogens (tertiary/aromatic N) is 2. The number of amides is 1. The van der Waals surface area contributed by atoms with E-state index in [2.05, 4.69) is 5.32 Å². The van der Waals surface area contributed by atoms with Crippen molar-refractivity contribution in [1.82, 2.24) is 0 Å². The summed E-state index contributed by atoms with van der Waals surface area (Å²) in [5.41, 5.74) is 1.62. The Hall–Kier alpha value is -3.14. The Bertz CT molecular complexity index is 1010. The molecule has 0 saturated carbocycles. The topological polar surface area (TPSA) is 119 Å². The molecular weight excluding hydrogens is 410 g/mol. The summed E-state index contributed by atoms with van der Waals surface area (Å²) in [7, 11) is -2.41. The monoisotopic (exact) mass is 435 g/mol. The van der Waals surface area contributed by atoms with Gasteiger partial charge in [0.05, 0.1) is 18.3 Å². The highest BCUT2D eigenvalue weighted by atomic mass is 32.2. The first-order valence-corrected chi connectivity index (χ1v) is 11.2. The summed E-state index contributed by atoms with van der Waals surface area (Å²) in [5, 5.41) is 13.9. The maximum Gasteiger partial charge on any atom is 0.271 e. The molecule has 1 N–H and O–H groups in total. The Morgan fingerprint density at radius 3 is 2.40 bits per heavy atom. The summed E-state index contributed by atoms with van der Waals surface area (Å²) in [6.45, 7) is 2.01. The zero-order valence-electron chi connectivity index (χ0n) is 17.1. The Labute approximate surface area is 175 Å². The molecule has 2 rings (SSSR count). The number of sulfonamides is 1. The lowest BCUT2D eigenvalue weighted by molar-refractivity contribution is -0.384. The molecule has 0 bridgehead atoms. The van der Waals surface area contributed by atoms with Crippen LogP contribution in [0.4, 0.5) is 17.1 Å². The van der Waals surface area contributed by atoms with Crippen LogP contribution in [0.1, 0.15) is 25.3 Å². The molecule has 0 spiro atoms. The summed E-state index contributed by atoms with van der Waals surface area (Å²) in [6.07, 6.45) is 2.20. The SMILES string of the molecule is CCc1ccc(NC(=O)CCCN(c2cc([N+](=O)[O-])ccc2OC)S(C)(=O)=O)cc1. The Morgan fingerprint density at radius 2 is 1.87 bits per heavy atom. The second kappa shape index (κ2) is 10.1. The van der Waals surface area contributed by atoms with Crippen molar-refractivity contribution in [1.29, 1.82) is 0 Å². The zero-order chi connectivity index (χ0) is 22.3. The van der Waals surface area contributed by atoms with Crippen molar-refractivity contribution >= 4 is 33.0 Å². The number of benzene rings is 2. The average Bonchev–Trinajstić information content (AvgIpc) is 2.70. The number of nitro groups is 1. The van der Waals surface area contributed by atoms with Gasteiger partial charge in [0.15, 0.2) is 0 Å². The van der Waals surface area contributed by atoms with Gasteiger partial charge in [-0.1, -0.05) is 19.1 Å². The average molecular weight is 436 g/mol. The van der Waals surface area contributed by atoms with Crippen LogP contribution in [0, 0.1) is 10.1 Å². The lowest BCUT2D eigenvalue weighted by Crippen LogP contribution is -2.32. The molecule has 0 atom stereocenters. The van der Waals surface area contributed by atoms with Gasteiger partial charge in [-0.25, -0.2) is 8.42 Å². The highest BCUT2D eigenvalue weighted by molar-refractivity contribution is 7.92. The first-order valence-electron chi connectivity index (χ1n) is 9.34. The van der Waals surface area contributed by atoms with Crippen LogP contribution >= 0.6 is 0 Å². The maximum absolute atomic E-state index is 12.3. The number of anilines is 2. The minimum Gasteiger partial charge on any atom is -0.495 e. The third kappa shape index (κ3) is 6.18. The molecule has 0 heterocycles. The molecule has 30 heavy (non-hydrogen) atoms. The van der Waals surface area contributed by atoms with Crippen LogP contribution in [0.15, 0.2) is 42.5 Å². The van der Waals surface area contributed by atoms with E-state index >= 15 is 0 Å². The van der Waals surface area contributed by atoms with Gasteiger partial charge in [-0.3, -0.25) is 19.2 Å². The molecule has 1 amide bonds. The number of hydrogen-bond donors (Lipinski definition) is 1. The van der Waals surface area contributed by atoms with Crippen molar-refractivity contribution in [3.8, 4) is 5.75 Å². The van der Waals surface area contributed by atoms with Gasteiger partial charge in [0.1, 0.15) is 11.4 Å². The molecule has 0 saturated heterocycles. The van der Waals surface area contributed by atoms with Gasteiger partial charge in [-0.05, 0) is 36.6 Å². The van der Waals surface area contributed by atoms with Crippen molar-refractivity contribution in [2.45, 2.75) is 26.2 Å². The van der Waals surface area contributed by atoms with Crippen LogP contribution in [0.5, 0.6) is 5.75 Å². The van der Waals surface area contributed by atoms with Crippen LogP contribution in [-0.4, -0.2) is 39.2 Å². The second-order valence-corrected chi connectivity index (χ2v) is 8.56. The summed E-state index contributed by atoms with van der Waals surface area (Å²) in [4.78, 5) is 22.7. The number of nitrogens with one attached hydrogen (secondary N) is 1. The molecule has 0 unspecified atom stereocenters. The fraction of sp³-hybridized carbons (Fsp3) is 0.350. The maximum atomic E-state index is 12.3. The van der Waals surface area contributed by atoms with Gasteiger partial charge in [-0.15, -0.1) is 0 Å². The highest BCUT2D eigenvalue weighted by Gasteiger charge is 2.24. The van der Waals surface area contributed by atoms with Crippen molar-refractivity contribution in [2.75, 3.05) is 29.5 Å². The Morgan fingerprint density at radius 1 is 1.20 bits per heavy atom.